The van der Waals surface area contributed by atoms with Gasteiger partial charge in [0.05, 0.1) is 19.9 Å². The van der Waals surface area contributed by atoms with E-state index in [2.05, 4.69) is 10.4 Å². The van der Waals surface area contributed by atoms with E-state index in [4.69, 9.17) is 9.47 Å². The summed E-state index contributed by atoms with van der Waals surface area (Å²) in [7, 11) is 3.11. The number of nitrogens with one attached hydrogen (secondary N) is 1. The number of hydrogen-bond acceptors (Lipinski definition) is 6. The van der Waals surface area contributed by atoms with Gasteiger partial charge in [-0.2, -0.15) is 5.10 Å². The predicted octanol–water partition coefficient (Wildman–Crippen LogP) is 3.02. The molecule has 168 valence electrons. The smallest absolute Gasteiger partial charge is 0.277 e. The average Bonchev–Trinajstić information content (AvgIpc) is 3.26. The Bertz CT molecular complexity index is 1400. The Hall–Kier alpha value is -4.40. The summed E-state index contributed by atoms with van der Waals surface area (Å²) in [6.45, 7) is 1.31. The third-order valence-corrected chi connectivity index (χ3v) is 5.17. The number of Topliss-reactive ketones (excluding diaryl/α,β-unsaturated/α-hetero) is 1. The van der Waals surface area contributed by atoms with Gasteiger partial charge in [-0.05, 0) is 55.5 Å². The number of ketones is 1. The second kappa shape index (κ2) is 8.99. The zero-order valence-corrected chi connectivity index (χ0v) is 18.4. The molecule has 4 rings (SSSR count). The molecule has 2 heterocycles. The summed E-state index contributed by atoms with van der Waals surface area (Å²) in [5.41, 5.74) is 2.43. The summed E-state index contributed by atoms with van der Waals surface area (Å²) in [5.74, 6) is 0.726. The summed E-state index contributed by atoms with van der Waals surface area (Å²) in [6.07, 6.45) is 3.13. The van der Waals surface area contributed by atoms with Crippen LogP contribution < -0.4 is 20.3 Å². The summed E-state index contributed by atoms with van der Waals surface area (Å²) in [6, 6.07) is 13.6. The maximum absolute atomic E-state index is 12.9. The number of nitrogens with zero attached hydrogens (tertiary/aromatic N) is 3. The molecule has 9 heteroatoms. The van der Waals surface area contributed by atoms with Crippen molar-refractivity contribution < 1.29 is 19.1 Å². The van der Waals surface area contributed by atoms with Gasteiger partial charge in [0, 0.05) is 29.2 Å². The van der Waals surface area contributed by atoms with Crippen LogP contribution in [0, 0.1) is 0 Å². The SMILES string of the molecule is COc1ccc(-c2cc3c(=O)n(CC(=O)Nc4ccc(C(C)=O)cc4)ccn3n2)cc1OC. The maximum atomic E-state index is 12.9. The summed E-state index contributed by atoms with van der Waals surface area (Å²) < 4.78 is 13.4. The van der Waals surface area contributed by atoms with Crippen molar-refractivity contribution in [2.45, 2.75) is 13.5 Å². The highest BCUT2D eigenvalue weighted by Gasteiger charge is 2.13. The Morgan fingerprint density at radius 2 is 1.70 bits per heavy atom. The molecule has 0 saturated carbocycles. The van der Waals surface area contributed by atoms with E-state index < -0.39 is 0 Å². The number of carbonyl (C=O) groups is 2. The molecule has 2 aromatic heterocycles. The second-order valence-corrected chi connectivity index (χ2v) is 7.34. The minimum Gasteiger partial charge on any atom is -0.493 e. The fraction of sp³-hybridized carbons (Fsp3) is 0.167. The summed E-state index contributed by atoms with van der Waals surface area (Å²) >= 11 is 0. The van der Waals surface area contributed by atoms with Crippen molar-refractivity contribution in [1.29, 1.82) is 0 Å². The van der Waals surface area contributed by atoms with Gasteiger partial charge < -0.3 is 19.4 Å². The summed E-state index contributed by atoms with van der Waals surface area (Å²) in [4.78, 5) is 36.8. The Morgan fingerprint density at radius 1 is 0.970 bits per heavy atom. The van der Waals surface area contributed by atoms with E-state index in [1.807, 2.05) is 6.07 Å². The van der Waals surface area contributed by atoms with E-state index in [0.29, 0.717) is 34.0 Å². The van der Waals surface area contributed by atoms with E-state index >= 15 is 0 Å². The van der Waals surface area contributed by atoms with Crippen LogP contribution in [-0.2, 0) is 11.3 Å². The third kappa shape index (κ3) is 4.47. The van der Waals surface area contributed by atoms with Crippen molar-refractivity contribution in [2.24, 2.45) is 0 Å². The fourth-order valence-electron chi connectivity index (χ4n) is 3.43. The van der Waals surface area contributed by atoms with Crippen molar-refractivity contribution in [3.63, 3.8) is 0 Å². The van der Waals surface area contributed by atoms with E-state index in [1.165, 1.54) is 22.2 Å². The van der Waals surface area contributed by atoms with Gasteiger partial charge in [-0.1, -0.05) is 0 Å². The number of amides is 1. The van der Waals surface area contributed by atoms with Gasteiger partial charge in [-0.3, -0.25) is 14.4 Å². The van der Waals surface area contributed by atoms with Crippen LogP contribution in [0.25, 0.3) is 16.8 Å². The van der Waals surface area contributed by atoms with Gasteiger partial charge in [0.15, 0.2) is 17.3 Å². The quantitative estimate of drug-likeness (QED) is 0.438. The zero-order chi connectivity index (χ0) is 23.5. The molecule has 0 radical (unpaired) electrons. The molecule has 0 aliphatic heterocycles. The molecule has 0 aliphatic carbocycles. The first kappa shape index (κ1) is 21.8. The van der Waals surface area contributed by atoms with Crippen LogP contribution in [0.1, 0.15) is 17.3 Å². The third-order valence-electron chi connectivity index (χ3n) is 5.17. The molecule has 0 saturated heterocycles. The molecule has 0 aliphatic rings. The van der Waals surface area contributed by atoms with Crippen molar-refractivity contribution in [3.8, 4) is 22.8 Å². The van der Waals surface area contributed by atoms with Gasteiger partial charge in [-0.15, -0.1) is 0 Å². The Morgan fingerprint density at radius 3 is 2.36 bits per heavy atom. The predicted molar refractivity (Wildman–Crippen MR) is 123 cm³/mol. The largest absolute Gasteiger partial charge is 0.493 e. The molecule has 0 unspecified atom stereocenters. The Kier molecular flexibility index (Phi) is 5.95. The minimum absolute atomic E-state index is 0.0546. The maximum Gasteiger partial charge on any atom is 0.277 e. The first-order chi connectivity index (χ1) is 15.9. The van der Waals surface area contributed by atoms with E-state index in [-0.39, 0.29) is 23.8 Å². The number of benzene rings is 2. The van der Waals surface area contributed by atoms with Crippen LogP contribution in [0.3, 0.4) is 0 Å². The number of ether oxygens (including phenoxy) is 2. The molecular formula is C24H22N4O5. The van der Waals surface area contributed by atoms with Gasteiger partial charge in [-0.25, -0.2) is 4.52 Å². The highest BCUT2D eigenvalue weighted by molar-refractivity contribution is 5.95. The van der Waals surface area contributed by atoms with Crippen LogP contribution in [-0.4, -0.2) is 40.1 Å². The molecule has 0 fully saturated rings. The molecular weight excluding hydrogens is 424 g/mol. The number of methoxy groups -OCH3 is 2. The van der Waals surface area contributed by atoms with Gasteiger partial charge in [0.25, 0.3) is 5.56 Å². The number of rotatable bonds is 7. The summed E-state index contributed by atoms with van der Waals surface area (Å²) in [5, 5.41) is 7.19. The van der Waals surface area contributed by atoms with Crippen LogP contribution in [0.4, 0.5) is 5.69 Å². The number of carbonyl (C=O) groups excluding carboxylic acids is 2. The lowest BCUT2D eigenvalue weighted by Gasteiger charge is -2.08. The standard InChI is InChI=1S/C24H22N4O5/c1-15(29)16-4-7-18(8-5-16)25-23(30)14-27-10-11-28-20(24(27)31)13-19(26-28)17-6-9-21(32-2)22(12-17)33-3/h4-13H,14H2,1-3H3,(H,25,30). The molecule has 1 amide bonds. The van der Waals surface area contributed by atoms with Gasteiger partial charge in [0.1, 0.15) is 12.1 Å². The number of hydrogen-bond donors (Lipinski definition) is 1. The van der Waals surface area contributed by atoms with Crippen LogP contribution in [0.5, 0.6) is 11.5 Å². The molecule has 0 spiro atoms. The molecule has 33 heavy (non-hydrogen) atoms. The van der Waals surface area contributed by atoms with Crippen molar-refractivity contribution >= 4 is 22.9 Å². The minimum atomic E-state index is -0.364. The van der Waals surface area contributed by atoms with Crippen LogP contribution in [0.2, 0.25) is 0 Å². The van der Waals surface area contributed by atoms with Gasteiger partial charge >= 0.3 is 0 Å². The van der Waals surface area contributed by atoms with Crippen LogP contribution >= 0.6 is 0 Å². The lowest BCUT2D eigenvalue weighted by molar-refractivity contribution is -0.116. The molecule has 4 aromatic rings. The number of anilines is 1. The van der Waals surface area contributed by atoms with E-state index in [1.54, 1.807) is 62.9 Å². The average molecular weight is 446 g/mol. The number of fused-ring (bicyclic) bond motifs is 1. The van der Waals surface area contributed by atoms with Crippen molar-refractivity contribution in [3.05, 3.63) is 76.8 Å². The first-order valence-corrected chi connectivity index (χ1v) is 10.1. The molecule has 2 aromatic carbocycles. The number of aromatic nitrogens is 3. The monoisotopic (exact) mass is 446 g/mol. The lowest BCUT2D eigenvalue weighted by Crippen LogP contribution is -2.28. The topological polar surface area (TPSA) is 104 Å². The molecule has 1 N–H and O–H groups in total. The Balaban J connectivity index is 1.56. The molecule has 0 atom stereocenters. The van der Waals surface area contributed by atoms with E-state index in [0.717, 1.165) is 5.56 Å². The molecule has 0 bridgehead atoms. The van der Waals surface area contributed by atoms with Crippen molar-refractivity contribution in [2.75, 3.05) is 19.5 Å². The second-order valence-electron chi connectivity index (χ2n) is 7.34. The van der Waals surface area contributed by atoms with Crippen molar-refractivity contribution in [1.82, 2.24) is 14.2 Å². The molecule has 9 nitrogen and oxygen atoms in total. The van der Waals surface area contributed by atoms with Gasteiger partial charge in [0.2, 0.25) is 5.91 Å². The highest BCUT2D eigenvalue weighted by atomic mass is 16.5. The van der Waals surface area contributed by atoms with Crippen LogP contribution in [0.15, 0.2) is 65.7 Å². The Labute approximate surface area is 189 Å². The normalized spacial score (nSPS) is 10.8. The first-order valence-electron chi connectivity index (χ1n) is 10.1. The zero-order valence-electron chi connectivity index (χ0n) is 18.4. The highest BCUT2D eigenvalue weighted by Crippen LogP contribution is 2.31. The lowest BCUT2D eigenvalue weighted by atomic mass is 10.1. The fourth-order valence-corrected chi connectivity index (χ4v) is 3.43. The van der Waals surface area contributed by atoms with E-state index in [9.17, 15) is 14.4 Å².